The molecule has 0 unspecified atom stereocenters. The Morgan fingerprint density at radius 1 is 1.06 bits per heavy atom. The van der Waals surface area contributed by atoms with Crippen LogP contribution in [0.5, 0.6) is 5.75 Å². The summed E-state index contributed by atoms with van der Waals surface area (Å²) in [7, 11) is 0. The van der Waals surface area contributed by atoms with Crippen molar-refractivity contribution in [3.8, 4) is 5.75 Å². The highest BCUT2D eigenvalue weighted by molar-refractivity contribution is 8.01. The Morgan fingerprint density at radius 3 is 2.58 bits per heavy atom. The van der Waals surface area contributed by atoms with Crippen LogP contribution in [0.1, 0.15) is 5.56 Å². The number of nitrogens with one attached hydrogen (secondary N) is 2. The Hall–Kier alpha value is -2.54. The molecule has 0 aliphatic rings. The van der Waals surface area contributed by atoms with Gasteiger partial charge in [0.1, 0.15) is 5.75 Å². The number of ether oxygens (including phenoxy) is 1. The van der Waals surface area contributed by atoms with Crippen LogP contribution in [-0.4, -0.2) is 34.4 Å². The van der Waals surface area contributed by atoms with E-state index in [2.05, 4.69) is 20.8 Å². The van der Waals surface area contributed by atoms with E-state index in [4.69, 9.17) is 27.9 Å². The molecular weight excluding hydrogens is 524 g/mol. The first-order valence-corrected chi connectivity index (χ1v) is 11.5. The maximum absolute atomic E-state index is 12.8. The molecule has 7 nitrogen and oxygen atoms in total. The topological polar surface area (TPSA) is 93.2 Å². The number of hydrogen-bond acceptors (Lipinski definition) is 7. The molecule has 0 saturated heterocycles. The fraction of sp³-hybridized carbons (Fsp3) is 0.158. The number of amides is 2. The number of thioether (sulfide) groups is 1. The van der Waals surface area contributed by atoms with E-state index in [-0.39, 0.29) is 34.0 Å². The van der Waals surface area contributed by atoms with Crippen molar-refractivity contribution >= 4 is 68.9 Å². The number of carbonyl (C=O) groups is 2. The summed E-state index contributed by atoms with van der Waals surface area (Å²) in [5.41, 5.74) is -0.832. The third kappa shape index (κ3) is 7.77. The van der Waals surface area contributed by atoms with Gasteiger partial charge in [-0.05, 0) is 36.4 Å². The fourth-order valence-electron chi connectivity index (χ4n) is 2.31. The zero-order chi connectivity index (χ0) is 24.0. The van der Waals surface area contributed by atoms with Gasteiger partial charge < -0.3 is 10.1 Å². The van der Waals surface area contributed by atoms with Gasteiger partial charge in [-0.2, -0.15) is 13.2 Å². The summed E-state index contributed by atoms with van der Waals surface area (Å²) in [6, 6.07) is 8.90. The van der Waals surface area contributed by atoms with Crippen molar-refractivity contribution < 1.29 is 27.5 Å². The van der Waals surface area contributed by atoms with E-state index in [1.54, 1.807) is 6.07 Å². The number of carbonyl (C=O) groups excluding carboxylic acids is 2. The zero-order valence-electron chi connectivity index (χ0n) is 16.3. The van der Waals surface area contributed by atoms with Gasteiger partial charge in [0.25, 0.3) is 5.91 Å². The van der Waals surface area contributed by atoms with Crippen molar-refractivity contribution in [2.75, 3.05) is 23.0 Å². The molecule has 0 aliphatic carbocycles. The van der Waals surface area contributed by atoms with Crippen molar-refractivity contribution in [3.05, 3.63) is 58.1 Å². The summed E-state index contributed by atoms with van der Waals surface area (Å²) in [5.74, 6) is -0.849. The predicted molar refractivity (Wildman–Crippen MR) is 121 cm³/mol. The molecule has 3 rings (SSSR count). The molecule has 0 radical (unpaired) electrons. The number of aromatic nitrogens is 2. The second kappa shape index (κ2) is 11.1. The highest BCUT2D eigenvalue weighted by atomic mass is 35.5. The number of nitrogens with zero attached hydrogens (tertiary/aromatic N) is 2. The fourth-order valence-corrected chi connectivity index (χ4v) is 4.34. The van der Waals surface area contributed by atoms with Gasteiger partial charge in [0.15, 0.2) is 10.9 Å². The number of halogens is 5. The third-order valence-electron chi connectivity index (χ3n) is 3.71. The molecule has 1 aromatic heterocycles. The largest absolute Gasteiger partial charge is 0.482 e. The standard InChI is InChI=1S/C19H13Cl2F3N4O3S2/c20-11-4-5-14(13(21)7-11)31-8-15(29)26-17-27-28-18(33-17)32-9-16(30)25-12-3-1-2-10(6-12)19(22,23)24/h1-7H,8-9H2,(H,25,30)(H,26,27,29). The molecule has 0 aliphatic heterocycles. The van der Waals surface area contributed by atoms with Crippen LogP contribution in [0.4, 0.5) is 24.0 Å². The van der Waals surface area contributed by atoms with Gasteiger partial charge in [0.05, 0.1) is 16.3 Å². The van der Waals surface area contributed by atoms with E-state index in [0.717, 1.165) is 35.2 Å². The van der Waals surface area contributed by atoms with E-state index in [1.165, 1.54) is 24.3 Å². The van der Waals surface area contributed by atoms with Crippen LogP contribution in [0.25, 0.3) is 0 Å². The average molecular weight is 537 g/mol. The van der Waals surface area contributed by atoms with Gasteiger partial charge in [-0.3, -0.25) is 14.9 Å². The molecule has 0 saturated carbocycles. The maximum Gasteiger partial charge on any atom is 0.416 e. The third-order valence-corrected chi connectivity index (χ3v) is 6.21. The Kier molecular flexibility index (Phi) is 8.40. The molecule has 33 heavy (non-hydrogen) atoms. The predicted octanol–water partition coefficient (Wildman–Crippen LogP) is 5.61. The smallest absolute Gasteiger partial charge is 0.416 e. The van der Waals surface area contributed by atoms with Crippen molar-refractivity contribution in [3.63, 3.8) is 0 Å². The van der Waals surface area contributed by atoms with Crippen LogP contribution in [0.3, 0.4) is 0 Å². The Morgan fingerprint density at radius 2 is 1.85 bits per heavy atom. The minimum Gasteiger partial charge on any atom is -0.482 e. The molecular formula is C19H13Cl2F3N4O3S2. The molecule has 0 atom stereocenters. The van der Waals surface area contributed by atoms with Crippen molar-refractivity contribution in [2.45, 2.75) is 10.5 Å². The molecule has 2 aromatic carbocycles. The van der Waals surface area contributed by atoms with E-state index in [9.17, 15) is 22.8 Å². The summed E-state index contributed by atoms with van der Waals surface area (Å²) in [6.07, 6.45) is -4.50. The summed E-state index contributed by atoms with van der Waals surface area (Å²) in [6.45, 7) is -0.331. The van der Waals surface area contributed by atoms with E-state index in [0.29, 0.717) is 9.36 Å². The van der Waals surface area contributed by atoms with Gasteiger partial charge in [-0.15, -0.1) is 10.2 Å². The van der Waals surface area contributed by atoms with Gasteiger partial charge in [-0.25, -0.2) is 0 Å². The number of hydrogen-bond donors (Lipinski definition) is 2. The van der Waals surface area contributed by atoms with Crippen LogP contribution in [-0.2, 0) is 15.8 Å². The summed E-state index contributed by atoms with van der Waals surface area (Å²) in [4.78, 5) is 24.1. The van der Waals surface area contributed by atoms with Crippen molar-refractivity contribution in [1.29, 1.82) is 0 Å². The Bertz CT molecular complexity index is 1160. The molecule has 0 fully saturated rings. The number of alkyl halides is 3. The summed E-state index contributed by atoms with van der Waals surface area (Å²) in [5, 5.41) is 13.4. The zero-order valence-corrected chi connectivity index (χ0v) is 19.4. The van der Waals surface area contributed by atoms with Crippen LogP contribution >= 0.6 is 46.3 Å². The SMILES string of the molecule is O=C(CSc1nnc(NC(=O)COc2ccc(Cl)cc2Cl)s1)Nc1cccc(C(F)(F)F)c1. The molecule has 0 bridgehead atoms. The van der Waals surface area contributed by atoms with Gasteiger partial charge in [-0.1, -0.05) is 52.4 Å². The van der Waals surface area contributed by atoms with Gasteiger partial charge in [0.2, 0.25) is 11.0 Å². The van der Waals surface area contributed by atoms with Crippen molar-refractivity contribution in [1.82, 2.24) is 10.2 Å². The highest BCUT2D eigenvalue weighted by Crippen LogP contribution is 2.31. The molecule has 2 amide bonds. The number of benzene rings is 2. The quantitative estimate of drug-likeness (QED) is 0.287. The first kappa shape index (κ1) is 25.1. The van der Waals surface area contributed by atoms with Crippen LogP contribution < -0.4 is 15.4 Å². The second-order valence-electron chi connectivity index (χ2n) is 6.20. The lowest BCUT2D eigenvalue weighted by atomic mass is 10.2. The highest BCUT2D eigenvalue weighted by Gasteiger charge is 2.30. The average Bonchev–Trinajstić information content (AvgIpc) is 3.18. The Labute approximate surface area is 203 Å². The lowest BCUT2D eigenvalue weighted by Gasteiger charge is -2.09. The molecule has 1 heterocycles. The van der Waals surface area contributed by atoms with Gasteiger partial charge >= 0.3 is 6.18 Å². The second-order valence-corrected chi connectivity index (χ2v) is 9.24. The minimum absolute atomic E-state index is 0.0291. The van der Waals surface area contributed by atoms with E-state index in [1.807, 2.05) is 0 Å². The minimum atomic E-state index is -4.50. The Balaban J connectivity index is 1.45. The maximum atomic E-state index is 12.8. The van der Waals surface area contributed by atoms with Crippen LogP contribution in [0.15, 0.2) is 46.8 Å². The van der Waals surface area contributed by atoms with Crippen molar-refractivity contribution in [2.24, 2.45) is 0 Å². The number of anilines is 2. The van der Waals surface area contributed by atoms with E-state index < -0.39 is 23.6 Å². The lowest BCUT2D eigenvalue weighted by molar-refractivity contribution is -0.137. The monoisotopic (exact) mass is 536 g/mol. The van der Waals surface area contributed by atoms with Crippen LogP contribution in [0, 0.1) is 0 Å². The molecule has 14 heteroatoms. The van der Waals surface area contributed by atoms with Crippen LogP contribution in [0.2, 0.25) is 10.0 Å². The lowest BCUT2D eigenvalue weighted by Crippen LogP contribution is -2.20. The normalized spacial score (nSPS) is 11.2. The molecule has 3 aromatic rings. The molecule has 0 spiro atoms. The molecule has 2 N–H and O–H groups in total. The molecule has 174 valence electrons. The first-order chi connectivity index (χ1) is 15.6. The summed E-state index contributed by atoms with van der Waals surface area (Å²) < 4.78 is 44.0. The summed E-state index contributed by atoms with van der Waals surface area (Å²) >= 11 is 13.8. The first-order valence-electron chi connectivity index (χ1n) is 8.91. The van der Waals surface area contributed by atoms with E-state index >= 15 is 0 Å². The van der Waals surface area contributed by atoms with Gasteiger partial charge in [0, 0.05) is 10.7 Å². The number of rotatable bonds is 8.